The van der Waals surface area contributed by atoms with Gasteiger partial charge in [0.15, 0.2) is 0 Å². The van der Waals surface area contributed by atoms with Crippen LogP contribution >= 0.6 is 0 Å². The lowest BCUT2D eigenvalue weighted by molar-refractivity contribution is -0.117. The normalized spacial score (nSPS) is 17.4. The number of hydrogen-bond acceptors (Lipinski definition) is 3. The molecule has 4 N–H and O–H groups in total. The van der Waals surface area contributed by atoms with Gasteiger partial charge in [-0.15, -0.1) is 0 Å². The Kier molecular flexibility index (Phi) is 4.99. The fourth-order valence-electron chi connectivity index (χ4n) is 3.34. The first kappa shape index (κ1) is 18.7. The lowest BCUT2D eigenvalue weighted by Gasteiger charge is -2.09. The number of benzene rings is 3. The van der Waals surface area contributed by atoms with Crippen LogP contribution < -0.4 is 16.4 Å². The molecule has 146 valence electrons. The molecule has 0 radical (unpaired) electrons. The van der Waals surface area contributed by atoms with Crippen LogP contribution in [0.2, 0.25) is 0 Å². The van der Waals surface area contributed by atoms with Crippen molar-refractivity contribution in [3.05, 3.63) is 89.7 Å². The van der Waals surface area contributed by atoms with Crippen LogP contribution in [0.3, 0.4) is 0 Å². The summed E-state index contributed by atoms with van der Waals surface area (Å²) in [5.74, 6) is -0.613. The molecular formula is C23H20FN3O2. The van der Waals surface area contributed by atoms with Crippen LogP contribution in [-0.4, -0.2) is 11.8 Å². The molecule has 2 atom stereocenters. The maximum absolute atomic E-state index is 13.1. The van der Waals surface area contributed by atoms with Crippen molar-refractivity contribution in [2.24, 2.45) is 5.92 Å². The number of nitrogens with one attached hydrogen (secondary N) is 2. The van der Waals surface area contributed by atoms with Crippen LogP contribution in [0.25, 0.3) is 0 Å². The van der Waals surface area contributed by atoms with Crippen molar-refractivity contribution < 1.29 is 14.0 Å². The number of nitrogens with two attached hydrogens (primary N) is 1. The fourth-order valence-corrected chi connectivity index (χ4v) is 3.34. The summed E-state index contributed by atoms with van der Waals surface area (Å²) in [5, 5.41) is 5.55. The molecule has 5 nitrogen and oxygen atoms in total. The van der Waals surface area contributed by atoms with E-state index in [4.69, 9.17) is 5.73 Å². The fraction of sp³-hybridized carbons (Fsp3) is 0.130. The molecule has 0 heterocycles. The van der Waals surface area contributed by atoms with E-state index in [1.165, 1.54) is 17.7 Å². The molecule has 1 saturated carbocycles. The predicted octanol–water partition coefficient (Wildman–Crippen LogP) is 4.40. The van der Waals surface area contributed by atoms with E-state index in [0.717, 1.165) is 12.5 Å². The number of hydrogen-bond donors (Lipinski definition) is 3. The van der Waals surface area contributed by atoms with E-state index >= 15 is 0 Å². The Morgan fingerprint density at radius 2 is 1.66 bits per heavy atom. The van der Waals surface area contributed by atoms with Crippen LogP contribution in [-0.2, 0) is 4.79 Å². The zero-order valence-electron chi connectivity index (χ0n) is 15.6. The predicted molar refractivity (Wildman–Crippen MR) is 111 cm³/mol. The first-order valence-electron chi connectivity index (χ1n) is 9.33. The highest BCUT2D eigenvalue weighted by molar-refractivity contribution is 6.06. The molecule has 0 unspecified atom stereocenters. The molecular weight excluding hydrogens is 369 g/mol. The van der Waals surface area contributed by atoms with Gasteiger partial charge in [-0.2, -0.15) is 0 Å². The van der Waals surface area contributed by atoms with Gasteiger partial charge < -0.3 is 16.4 Å². The molecule has 6 heteroatoms. The zero-order valence-corrected chi connectivity index (χ0v) is 15.6. The Balaban J connectivity index is 1.35. The highest BCUT2D eigenvalue weighted by Crippen LogP contribution is 2.47. The first-order valence-corrected chi connectivity index (χ1v) is 9.33. The Morgan fingerprint density at radius 1 is 0.931 bits per heavy atom. The van der Waals surface area contributed by atoms with Gasteiger partial charge in [-0.3, -0.25) is 9.59 Å². The van der Waals surface area contributed by atoms with Crippen LogP contribution in [0.4, 0.5) is 21.5 Å². The standard InChI is InChI=1S/C23H20FN3O2/c24-16-8-11-21(20(25)12-16)27-22(28)15-6-9-17(10-7-15)26-23(29)19-13-18(19)14-4-2-1-3-5-14/h1-12,18-19H,13,25H2,(H,26,29)(H,27,28)/t18-,19-/m1/s1. The number of nitrogen functional groups attached to an aromatic ring is 1. The Labute approximate surface area is 167 Å². The van der Waals surface area contributed by atoms with Crippen molar-refractivity contribution in [3.63, 3.8) is 0 Å². The molecule has 2 amide bonds. The van der Waals surface area contributed by atoms with Gasteiger partial charge in [0.25, 0.3) is 5.91 Å². The molecule has 0 aliphatic heterocycles. The van der Waals surface area contributed by atoms with Crippen molar-refractivity contribution in [2.45, 2.75) is 12.3 Å². The van der Waals surface area contributed by atoms with E-state index in [1.807, 2.05) is 30.3 Å². The van der Waals surface area contributed by atoms with Gasteiger partial charge in [0.1, 0.15) is 5.82 Å². The summed E-state index contributed by atoms with van der Waals surface area (Å²) in [6.07, 6.45) is 0.843. The van der Waals surface area contributed by atoms with Gasteiger partial charge >= 0.3 is 0 Å². The van der Waals surface area contributed by atoms with E-state index < -0.39 is 5.82 Å². The van der Waals surface area contributed by atoms with Crippen molar-refractivity contribution in [3.8, 4) is 0 Å². The number of anilines is 3. The summed E-state index contributed by atoms with van der Waals surface area (Å²) in [7, 11) is 0. The van der Waals surface area contributed by atoms with Gasteiger partial charge in [-0.25, -0.2) is 4.39 Å². The average Bonchev–Trinajstić information content (AvgIpc) is 3.52. The maximum atomic E-state index is 13.1. The second kappa shape index (κ2) is 7.75. The summed E-state index contributed by atoms with van der Waals surface area (Å²) in [6.45, 7) is 0. The molecule has 0 spiro atoms. The molecule has 1 aliphatic carbocycles. The van der Waals surface area contributed by atoms with Gasteiger partial charge in [-0.1, -0.05) is 30.3 Å². The number of amides is 2. The van der Waals surface area contributed by atoms with E-state index in [-0.39, 0.29) is 29.3 Å². The van der Waals surface area contributed by atoms with E-state index in [9.17, 15) is 14.0 Å². The van der Waals surface area contributed by atoms with Gasteiger partial charge in [-0.05, 0) is 60.4 Å². The molecule has 3 aromatic carbocycles. The molecule has 3 aromatic rings. The summed E-state index contributed by atoms with van der Waals surface area (Å²) < 4.78 is 13.1. The molecule has 29 heavy (non-hydrogen) atoms. The molecule has 0 saturated heterocycles. The van der Waals surface area contributed by atoms with Crippen LogP contribution in [0, 0.1) is 11.7 Å². The van der Waals surface area contributed by atoms with Crippen LogP contribution in [0.1, 0.15) is 28.3 Å². The topological polar surface area (TPSA) is 84.2 Å². The third kappa shape index (κ3) is 4.27. The van der Waals surface area contributed by atoms with E-state index in [2.05, 4.69) is 10.6 Å². The molecule has 0 aromatic heterocycles. The van der Waals surface area contributed by atoms with E-state index in [0.29, 0.717) is 16.9 Å². The van der Waals surface area contributed by atoms with Crippen LogP contribution in [0.15, 0.2) is 72.8 Å². The Hall–Kier alpha value is -3.67. The molecule has 4 rings (SSSR count). The van der Waals surface area contributed by atoms with Gasteiger partial charge in [0.2, 0.25) is 5.91 Å². The second-order valence-corrected chi connectivity index (χ2v) is 7.11. The van der Waals surface area contributed by atoms with Crippen molar-refractivity contribution >= 4 is 28.9 Å². The highest BCUT2D eigenvalue weighted by atomic mass is 19.1. The third-order valence-electron chi connectivity index (χ3n) is 5.03. The summed E-state index contributed by atoms with van der Waals surface area (Å²) in [4.78, 5) is 24.8. The largest absolute Gasteiger partial charge is 0.397 e. The van der Waals surface area contributed by atoms with E-state index in [1.54, 1.807) is 24.3 Å². The number of carbonyl (C=O) groups excluding carboxylic acids is 2. The summed E-state index contributed by atoms with van der Waals surface area (Å²) in [6, 6.07) is 20.4. The minimum absolute atomic E-state index is 0.0184. The lowest BCUT2D eigenvalue weighted by Crippen LogP contribution is -2.15. The highest BCUT2D eigenvalue weighted by Gasteiger charge is 2.43. The minimum Gasteiger partial charge on any atom is -0.397 e. The van der Waals surface area contributed by atoms with Crippen molar-refractivity contribution in [1.82, 2.24) is 0 Å². The Morgan fingerprint density at radius 3 is 2.34 bits per heavy atom. The molecule has 1 aliphatic rings. The molecule has 0 bridgehead atoms. The zero-order chi connectivity index (χ0) is 20.4. The SMILES string of the molecule is Nc1cc(F)ccc1NC(=O)c1ccc(NC(=O)[C@@H]2C[C@@H]2c2ccccc2)cc1. The van der Waals surface area contributed by atoms with Crippen molar-refractivity contribution in [1.29, 1.82) is 0 Å². The molecule has 1 fully saturated rings. The second-order valence-electron chi connectivity index (χ2n) is 7.11. The minimum atomic E-state index is -0.467. The monoisotopic (exact) mass is 389 g/mol. The van der Waals surface area contributed by atoms with Crippen molar-refractivity contribution in [2.75, 3.05) is 16.4 Å². The Bertz CT molecular complexity index is 1050. The average molecular weight is 389 g/mol. The van der Waals surface area contributed by atoms with Crippen LogP contribution in [0.5, 0.6) is 0 Å². The third-order valence-corrected chi connectivity index (χ3v) is 5.03. The smallest absolute Gasteiger partial charge is 0.255 e. The lowest BCUT2D eigenvalue weighted by atomic mass is 10.1. The number of rotatable bonds is 5. The quantitative estimate of drug-likeness (QED) is 0.566. The summed E-state index contributed by atoms with van der Waals surface area (Å²) in [5.41, 5.74) is 8.42. The number of halogens is 1. The summed E-state index contributed by atoms with van der Waals surface area (Å²) >= 11 is 0. The number of carbonyl (C=O) groups is 2. The first-order chi connectivity index (χ1) is 14.0. The van der Waals surface area contributed by atoms with Gasteiger partial charge in [0, 0.05) is 17.2 Å². The van der Waals surface area contributed by atoms with Gasteiger partial charge in [0.05, 0.1) is 11.4 Å². The maximum Gasteiger partial charge on any atom is 0.255 e.